The highest BCUT2D eigenvalue weighted by molar-refractivity contribution is 9.10. The third kappa shape index (κ3) is 4.10. The van der Waals surface area contributed by atoms with Crippen LogP contribution in [0, 0.1) is 5.82 Å². The fraction of sp³-hybridized carbons (Fsp3) is 0.333. The maximum atomic E-state index is 13.6. The van der Waals surface area contributed by atoms with E-state index in [0.717, 1.165) is 0 Å². The highest BCUT2D eigenvalue weighted by Gasteiger charge is 2.24. The van der Waals surface area contributed by atoms with Crippen molar-refractivity contribution in [3.63, 3.8) is 0 Å². The average Bonchev–Trinajstić information content (AvgIpc) is 2.13. The lowest BCUT2D eigenvalue weighted by molar-refractivity contribution is -0.119. The maximum Gasteiger partial charge on any atom is 0.254 e. The number of primary amides is 1. The summed E-state index contributed by atoms with van der Waals surface area (Å²) >= 11 is 3.11. The van der Waals surface area contributed by atoms with Gasteiger partial charge in [0, 0.05) is 16.4 Å². The van der Waals surface area contributed by atoms with Crippen LogP contribution in [0.3, 0.4) is 0 Å². The van der Waals surface area contributed by atoms with Crippen LogP contribution in [-0.2, 0) is 4.79 Å². The molecule has 18 heavy (non-hydrogen) atoms. The molecule has 2 amide bonds. The van der Waals surface area contributed by atoms with Crippen molar-refractivity contribution in [2.45, 2.75) is 25.8 Å². The minimum atomic E-state index is -0.817. The molecule has 0 aliphatic carbocycles. The summed E-state index contributed by atoms with van der Waals surface area (Å²) in [5, 5.41) is 2.57. The average molecular weight is 317 g/mol. The van der Waals surface area contributed by atoms with E-state index in [0.29, 0.717) is 4.47 Å². The summed E-state index contributed by atoms with van der Waals surface area (Å²) in [6.07, 6.45) is -0.0170. The molecule has 0 radical (unpaired) electrons. The van der Waals surface area contributed by atoms with E-state index in [4.69, 9.17) is 5.73 Å². The van der Waals surface area contributed by atoms with Gasteiger partial charge in [0.05, 0.1) is 5.56 Å². The Labute approximate surface area is 113 Å². The smallest absolute Gasteiger partial charge is 0.254 e. The molecule has 0 aromatic heterocycles. The minimum absolute atomic E-state index is 0.0170. The second-order valence-corrected chi connectivity index (χ2v) is 5.52. The van der Waals surface area contributed by atoms with Gasteiger partial charge in [0.1, 0.15) is 5.82 Å². The van der Waals surface area contributed by atoms with Gasteiger partial charge in [-0.15, -0.1) is 0 Å². The molecule has 0 saturated heterocycles. The van der Waals surface area contributed by atoms with Crippen molar-refractivity contribution >= 4 is 27.7 Å². The van der Waals surface area contributed by atoms with E-state index < -0.39 is 23.2 Å². The quantitative estimate of drug-likeness (QED) is 0.891. The molecule has 3 N–H and O–H groups in total. The molecule has 0 fully saturated rings. The predicted molar refractivity (Wildman–Crippen MR) is 69.5 cm³/mol. The lowest BCUT2D eigenvalue weighted by atomic mass is 9.99. The number of carbonyl (C=O) groups excluding carboxylic acids is 2. The standard InChI is InChI=1S/C12H14BrFN2O2/c1-12(2,6-10(15)17)16-11(18)8-4-3-7(13)5-9(8)14/h3-5H,6H2,1-2H3,(H2,15,17)(H,16,18). The molecule has 0 aliphatic heterocycles. The zero-order valence-electron chi connectivity index (χ0n) is 10.1. The molecule has 0 bridgehead atoms. The van der Waals surface area contributed by atoms with E-state index in [1.165, 1.54) is 12.1 Å². The molecule has 0 saturated carbocycles. The van der Waals surface area contributed by atoms with Gasteiger partial charge >= 0.3 is 0 Å². The van der Waals surface area contributed by atoms with Crippen molar-refractivity contribution in [1.29, 1.82) is 0 Å². The zero-order chi connectivity index (χ0) is 13.9. The first-order valence-electron chi connectivity index (χ1n) is 5.27. The topological polar surface area (TPSA) is 72.2 Å². The number of amides is 2. The van der Waals surface area contributed by atoms with Gasteiger partial charge in [-0.1, -0.05) is 15.9 Å². The van der Waals surface area contributed by atoms with Gasteiger partial charge in [0.25, 0.3) is 5.91 Å². The number of benzene rings is 1. The molecule has 0 spiro atoms. The van der Waals surface area contributed by atoms with Crippen molar-refractivity contribution in [2.24, 2.45) is 5.73 Å². The third-order valence-corrected chi connectivity index (χ3v) is 2.74. The lowest BCUT2D eigenvalue weighted by Gasteiger charge is -2.24. The van der Waals surface area contributed by atoms with Crippen LogP contribution in [0.25, 0.3) is 0 Å². The first kappa shape index (κ1) is 14.6. The Morgan fingerprint density at radius 3 is 2.56 bits per heavy atom. The number of halogens is 2. The Balaban J connectivity index is 2.85. The van der Waals surface area contributed by atoms with Crippen LogP contribution in [0.4, 0.5) is 4.39 Å². The molecule has 4 nitrogen and oxygen atoms in total. The molecule has 1 rings (SSSR count). The maximum absolute atomic E-state index is 13.6. The van der Waals surface area contributed by atoms with Gasteiger partial charge < -0.3 is 11.1 Å². The fourth-order valence-electron chi connectivity index (χ4n) is 1.53. The van der Waals surface area contributed by atoms with Gasteiger partial charge in [-0.2, -0.15) is 0 Å². The highest BCUT2D eigenvalue weighted by atomic mass is 79.9. The number of nitrogens with one attached hydrogen (secondary N) is 1. The molecule has 0 unspecified atom stereocenters. The van der Waals surface area contributed by atoms with Gasteiger partial charge in [0.15, 0.2) is 0 Å². The molecule has 6 heteroatoms. The largest absolute Gasteiger partial charge is 0.370 e. The van der Waals surface area contributed by atoms with Gasteiger partial charge in [0.2, 0.25) is 5.91 Å². The monoisotopic (exact) mass is 316 g/mol. The van der Waals surface area contributed by atoms with Gasteiger partial charge in [-0.05, 0) is 32.0 Å². The van der Waals surface area contributed by atoms with E-state index in [1.54, 1.807) is 19.9 Å². The van der Waals surface area contributed by atoms with Crippen LogP contribution in [0.5, 0.6) is 0 Å². The summed E-state index contributed by atoms with van der Waals surface area (Å²) in [4.78, 5) is 22.7. The van der Waals surface area contributed by atoms with E-state index in [2.05, 4.69) is 21.2 Å². The lowest BCUT2D eigenvalue weighted by Crippen LogP contribution is -2.46. The van der Waals surface area contributed by atoms with Crippen molar-refractivity contribution in [3.05, 3.63) is 34.1 Å². The van der Waals surface area contributed by atoms with Crippen LogP contribution in [0.1, 0.15) is 30.6 Å². The summed E-state index contributed by atoms with van der Waals surface area (Å²) in [6, 6.07) is 4.14. The first-order valence-corrected chi connectivity index (χ1v) is 6.06. The Morgan fingerprint density at radius 1 is 1.44 bits per heavy atom. The molecular weight excluding hydrogens is 303 g/mol. The van der Waals surface area contributed by atoms with Gasteiger partial charge in [-0.3, -0.25) is 9.59 Å². The number of hydrogen-bond acceptors (Lipinski definition) is 2. The minimum Gasteiger partial charge on any atom is -0.370 e. The fourth-order valence-corrected chi connectivity index (χ4v) is 1.86. The third-order valence-electron chi connectivity index (χ3n) is 2.24. The normalized spacial score (nSPS) is 11.1. The van der Waals surface area contributed by atoms with E-state index in [1.807, 2.05) is 0 Å². The Bertz CT molecular complexity index is 489. The van der Waals surface area contributed by atoms with Crippen LogP contribution in [0.2, 0.25) is 0 Å². The number of carbonyl (C=O) groups is 2. The molecule has 0 aliphatic rings. The Kier molecular flexibility index (Phi) is 4.45. The van der Waals surface area contributed by atoms with Crippen molar-refractivity contribution in [2.75, 3.05) is 0 Å². The first-order chi connectivity index (χ1) is 8.21. The summed E-state index contributed by atoms with van der Waals surface area (Å²) in [5.41, 5.74) is 4.18. The molecular formula is C12H14BrFN2O2. The van der Waals surface area contributed by atoms with Crippen molar-refractivity contribution in [1.82, 2.24) is 5.32 Å². The summed E-state index contributed by atoms with van der Waals surface area (Å²) in [5.74, 6) is -1.74. The Hall–Kier alpha value is -1.43. The van der Waals surface area contributed by atoms with Crippen LogP contribution in [0.15, 0.2) is 22.7 Å². The molecule has 0 heterocycles. The second-order valence-electron chi connectivity index (χ2n) is 4.61. The molecule has 0 atom stereocenters. The van der Waals surface area contributed by atoms with Crippen molar-refractivity contribution in [3.8, 4) is 0 Å². The molecule has 1 aromatic carbocycles. The van der Waals surface area contributed by atoms with E-state index in [9.17, 15) is 14.0 Å². The molecule has 98 valence electrons. The number of nitrogens with two attached hydrogens (primary N) is 1. The predicted octanol–water partition coefficient (Wildman–Crippen LogP) is 1.97. The van der Waals surface area contributed by atoms with Crippen LogP contribution in [-0.4, -0.2) is 17.4 Å². The zero-order valence-corrected chi connectivity index (χ0v) is 11.7. The Morgan fingerprint density at radius 2 is 2.06 bits per heavy atom. The summed E-state index contributed by atoms with van der Waals surface area (Å²) in [6.45, 7) is 3.29. The summed E-state index contributed by atoms with van der Waals surface area (Å²) < 4.78 is 14.1. The second kappa shape index (κ2) is 5.48. The van der Waals surface area contributed by atoms with Gasteiger partial charge in [-0.25, -0.2) is 4.39 Å². The van der Waals surface area contributed by atoms with E-state index in [-0.39, 0.29) is 12.0 Å². The van der Waals surface area contributed by atoms with E-state index >= 15 is 0 Å². The highest BCUT2D eigenvalue weighted by Crippen LogP contribution is 2.16. The molecule has 1 aromatic rings. The number of hydrogen-bond donors (Lipinski definition) is 2. The summed E-state index contributed by atoms with van der Waals surface area (Å²) in [7, 11) is 0. The van der Waals surface area contributed by atoms with Crippen molar-refractivity contribution < 1.29 is 14.0 Å². The van der Waals surface area contributed by atoms with Crippen LogP contribution >= 0.6 is 15.9 Å². The van der Waals surface area contributed by atoms with Crippen LogP contribution < -0.4 is 11.1 Å². The SMILES string of the molecule is CC(C)(CC(N)=O)NC(=O)c1ccc(Br)cc1F. The number of rotatable bonds is 4.